The van der Waals surface area contributed by atoms with E-state index in [-0.39, 0.29) is 12.1 Å². The molecule has 1 aliphatic heterocycles. The van der Waals surface area contributed by atoms with E-state index < -0.39 is 10.8 Å². The summed E-state index contributed by atoms with van der Waals surface area (Å²) < 4.78 is 10.8. The standard InChI is InChI=1S/C7H14N2O2S/c1-6-8-5-7(10)9(6)3-4-12(2)11/h6,8H,3-5H2,1-2H3. The van der Waals surface area contributed by atoms with Gasteiger partial charge >= 0.3 is 0 Å². The van der Waals surface area contributed by atoms with E-state index in [4.69, 9.17) is 0 Å². The van der Waals surface area contributed by atoms with Crippen LogP contribution in [0, 0.1) is 0 Å². The van der Waals surface area contributed by atoms with E-state index >= 15 is 0 Å². The summed E-state index contributed by atoms with van der Waals surface area (Å²) in [5.74, 6) is 0.672. The van der Waals surface area contributed by atoms with Crippen molar-refractivity contribution in [2.45, 2.75) is 13.1 Å². The number of hydrogen-bond donors (Lipinski definition) is 1. The fourth-order valence-electron chi connectivity index (χ4n) is 1.21. The van der Waals surface area contributed by atoms with E-state index in [9.17, 15) is 9.00 Å². The highest BCUT2D eigenvalue weighted by atomic mass is 32.2. The van der Waals surface area contributed by atoms with E-state index in [0.717, 1.165) is 0 Å². The van der Waals surface area contributed by atoms with Crippen LogP contribution in [0.2, 0.25) is 0 Å². The Balaban J connectivity index is 2.39. The first kappa shape index (κ1) is 9.67. The van der Waals surface area contributed by atoms with Crippen molar-refractivity contribution >= 4 is 16.7 Å². The zero-order valence-electron chi connectivity index (χ0n) is 7.37. The Labute approximate surface area is 74.8 Å². The minimum absolute atomic E-state index is 0.0982. The highest BCUT2D eigenvalue weighted by Crippen LogP contribution is 2.03. The van der Waals surface area contributed by atoms with Crippen LogP contribution in [-0.2, 0) is 15.6 Å². The van der Waals surface area contributed by atoms with Crippen LogP contribution in [0.5, 0.6) is 0 Å². The average molecular weight is 190 g/mol. The van der Waals surface area contributed by atoms with Crippen molar-refractivity contribution in [2.24, 2.45) is 0 Å². The van der Waals surface area contributed by atoms with E-state index in [1.54, 1.807) is 11.2 Å². The fraction of sp³-hybridized carbons (Fsp3) is 0.857. The summed E-state index contributed by atoms with van der Waals surface area (Å²) in [5, 5.41) is 3.02. The molecular formula is C7H14N2O2S. The molecule has 2 atom stereocenters. The lowest BCUT2D eigenvalue weighted by atomic mass is 10.5. The molecule has 12 heavy (non-hydrogen) atoms. The lowest BCUT2D eigenvalue weighted by Gasteiger charge is -2.19. The number of carbonyl (C=O) groups is 1. The molecule has 0 radical (unpaired) electrons. The van der Waals surface area contributed by atoms with Gasteiger partial charge < -0.3 is 4.90 Å². The van der Waals surface area contributed by atoms with Crippen molar-refractivity contribution in [1.82, 2.24) is 10.2 Å². The summed E-state index contributed by atoms with van der Waals surface area (Å²) in [6.45, 7) is 2.94. The molecule has 2 unspecified atom stereocenters. The van der Waals surface area contributed by atoms with Gasteiger partial charge in [-0.25, -0.2) is 0 Å². The molecule has 70 valence electrons. The van der Waals surface area contributed by atoms with Crippen molar-refractivity contribution in [3.63, 3.8) is 0 Å². The second-order valence-corrected chi connectivity index (χ2v) is 4.48. The maximum absolute atomic E-state index is 11.2. The number of carbonyl (C=O) groups excluding carboxylic acids is 1. The summed E-state index contributed by atoms with van der Waals surface area (Å²) in [5.41, 5.74) is 0. The number of nitrogens with one attached hydrogen (secondary N) is 1. The first-order chi connectivity index (χ1) is 5.61. The molecule has 0 bridgehead atoms. The van der Waals surface area contributed by atoms with Gasteiger partial charge in [0.1, 0.15) is 0 Å². The van der Waals surface area contributed by atoms with Crippen LogP contribution in [0.4, 0.5) is 0 Å². The second-order valence-electron chi connectivity index (χ2n) is 2.92. The van der Waals surface area contributed by atoms with Crippen molar-refractivity contribution in [2.75, 3.05) is 25.1 Å². The monoisotopic (exact) mass is 190 g/mol. The van der Waals surface area contributed by atoms with Gasteiger partial charge in [0.2, 0.25) is 5.91 Å². The number of nitrogens with zero attached hydrogens (tertiary/aromatic N) is 1. The molecule has 1 amide bonds. The van der Waals surface area contributed by atoms with Crippen LogP contribution in [0.1, 0.15) is 6.92 Å². The van der Waals surface area contributed by atoms with Crippen molar-refractivity contribution in [3.05, 3.63) is 0 Å². The lowest BCUT2D eigenvalue weighted by Crippen LogP contribution is -2.37. The number of hydrogen-bond acceptors (Lipinski definition) is 3. The molecule has 0 spiro atoms. The smallest absolute Gasteiger partial charge is 0.237 e. The van der Waals surface area contributed by atoms with Gasteiger partial charge in [-0.2, -0.15) is 0 Å². The quantitative estimate of drug-likeness (QED) is 0.630. The summed E-state index contributed by atoms with van der Waals surface area (Å²) in [6.07, 6.45) is 1.75. The van der Waals surface area contributed by atoms with Crippen LogP contribution in [0.3, 0.4) is 0 Å². The highest BCUT2D eigenvalue weighted by molar-refractivity contribution is 7.84. The third kappa shape index (κ3) is 2.28. The Kier molecular flexibility index (Phi) is 3.22. The predicted octanol–water partition coefficient (Wildman–Crippen LogP) is -0.857. The normalized spacial score (nSPS) is 26.3. The van der Waals surface area contributed by atoms with Crippen LogP contribution < -0.4 is 5.32 Å². The van der Waals surface area contributed by atoms with E-state index in [2.05, 4.69) is 5.32 Å². The molecule has 1 rings (SSSR count). The van der Waals surface area contributed by atoms with Gasteiger partial charge in [-0.3, -0.25) is 14.3 Å². The average Bonchev–Trinajstić information content (AvgIpc) is 2.28. The Morgan fingerprint density at radius 2 is 2.42 bits per heavy atom. The van der Waals surface area contributed by atoms with E-state index in [1.807, 2.05) is 6.92 Å². The first-order valence-electron chi connectivity index (χ1n) is 3.94. The Hall–Kier alpha value is -0.420. The molecule has 5 heteroatoms. The predicted molar refractivity (Wildman–Crippen MR) is 48.1 cm³/mol. The van der Waals surface area contributed by atoms with Crippen LogP contribution in [0.15, 0.2) is 0 Å². The van der Waals surface area contributed by atoms with Gasteiger partial charge in [-0.15, -0.1) is 0 Å². The SMILES string of the molecule is CC1NCC(=O)N1CCS(C)=O. The highest BCUT2D eigenvalue weighted by Gasteiger charge is 2.26. The minimum Gasteiger partial charge on any atom is -0.325 e. The maximum Gasteiger partial charge on any atom is 0.237 e. The largest absolute Gasteiger partial charge is 0.325 e. The molecule has 0 aromatic rings. The van der Waals surface area contributed by atoms with Crippen molar-refractivity contribution in [3.8, 4) is 0 Å². The second kappa shape index (κ2) is 4.00. The molecule has 0 aliphatic carbocycles. The van der Waals surface area contributed by atoms with Gasteiger partial charge in [0, 0.05) is 29.4 Å². The van der Waals surface area contributed by atoms with Crippen LogP contribution in [-0.4, -0.2) is 46.3 Å². The van der Waals surface area contributed by atoms with Gasteiger partial charge in [-0.1, -0.05) is 0 Å². The zero-order chi connectivity index (χ0) is 9.14. The first-order valence-corrected chi connectivity index (χ1v) is 5.67. The minimum atomic E-state index is -0.813. The van der Waals surface area contributed by atoms with Gasteiger partial charge in [-0.05, 0) is 6.92 Å². The molecule has 1 aliphatic rings. The van der Waals surface area contributed by atoms with Gasteiger partial charge in [0.05, 0.1) is 12.7 Å². The number of amides is 1. The molecule has 0 aromatic carbocycles. The Morgan fingerprint density at radius 3 is 2.83 bits per heavy atom. The maximum atomic E-state index is 11.2. The summed E-state index contributed by atoms with van der Waals surface area (Å²) >= 11 is 0. The Morgan fingerprint density at radius 1 is 1.75 bits per heavy atom. The molecule has 1 N–H and O–H groups in total. The fourth-order valence-corrected chi connectivity index (χ4v) is 1.66. The molecule has 1 heterocycles. The van der Waals surface area contributed by atoms with Gasteiger partial charge in [0.25, 0.3) is 0 Å². The van der Waals surface area contributed by atoms with E-state index in [1.165, 1.54) is 0 Å². The van der Waals surface area contributed by atoms with Crippen molar-refractivity contribution < 1.29 is 9.00 Å². The van der Waals surface area contributed by atoms with Crippen molar-refractivity contribution in [1.29, 1.82) is 0 Å². The summed E-state index contributed by atoms with van der Waals surface area (Å²) in [6, 6.07) is 0. The topological polar surface area (TPSA) is 49.4 Å². The van der Waals surface area contributed by atoms with E-state index in [0.29, 0.717) is 18.8 Å². The third-order valence-corrected chi connectivity index (χ3v) is 2.71. The Bertz CT molecular complexity index is 208. The zero-order valence-corrected chi connectivity index (χ0v) is 8.19. The molecule has 1 fully saturated rings. The van der Waals surface area contributed by atoms with Gasteiger partial charge in [0.15, 0.2) is 0 Å². The molecular weight excluding hydrogens is 176 g/mol. The third-order valence-electron chi connectivity index (χ3n) is 1.96. The lowest BCUT2D eigenvalue weighted by molar-refractivity contribution is -0.127. The molecule has 1 saturated heterocycles. The summed E-state index contributed by atoms with van der Waals surface area (Å²) in [7, 11) is -0.813. The van der Waals surface area contributed by atoms with Crippen LogP contribution in [0.25, 0.3) is 0 Å². The molecule has 0 aromatic heterocycles. The molecule has 0 saturated carbocycles. The van der Waals surface area contributed by atoms with Crippen LogP contribution >= 0.6 is 0 Å². The number of rotatable bonds is 3. The molecule has 4 nitrogen and oxygen atoms in total. The summed E-state index contributed by atoms with van der Waals surface area (Å²) in [4.78, 5) is 12.9.